The summed E-state index contributed by atoms with van der Waals surface area (Å²) in [6.07, 6.45) is -1.92. The van der Waals surface area contributed by atoms with Crippen molar-refractivity contribution in [3.8, 4) is 0 Å². The lowest BCUT2D eigenvalue weighted by Crippen LogP contribution is -2.50. The van der Waals surface area contributed by atoms with E-state index in [0.717, 1.165) is 75.9 Å². The van der Waals surface area contributed by atoms with Crippen molar-refractivity contribution in [1.82, 2.24) is 20.0 Å². The first-order valence-electron chi connectivity index (χ1n) is 12.9. The van der Waals surface area contributed by atoms with Gasteiger partial charge in [0.25, 0.3) is 0 Å². The number of amides is 2. The monoisotopic (exact) mass is 553 g/mol. The first kappa shape index (κ1) is 26.8. The second-order valence-electron chi connectivity index (χ2n) is 9.77. The Hall–Kier alpha value is -2.83. The molecule has 1 unspecified atom stereocenters. The van der Waals surface area contributed by atoms with E-state index in [9.17, 15) is 18.0 Å². The zero-order valence-corrected chi connectivity index (χ0v) is 21.7. The maximum Gasteiger partial charge on any atom is 0.417 e. The Morgan fingerprint density at radius 1 is 0.974 bits per heavy atom. The molecule has 38 heavy (non-hydrogen) atoms. The molecule has 5 rings (SSSR count). The molecule has 9 nitrogen and oxygen atoms in total. The molecule has 1 aromatic heterocycles. The number of aromatic nitrogens is 2. The van der Waals surface area contributed by atoms with Gasteiger partial charge in [-0.3, -0.25) is 4.90 Å². The number of anilines is 3. The number of alkyl halides is 3. The fourth-order valence-electron chi connectivity index (χ4n) is 5.05. The van der Waals surface area contributed by atoms with Crippen LogP contribution >= 0.6 is 11.6 Å². The maximum atomic E-state index is 13.1. The first-order valence-corrected chi connectivity index (χ1v) is 13.2. The lowest BCUT2D eigenvalue weighted by molar-refractivity contribution is -0.137. The second-order valence-corrected chi connectivity index (χ2v) is 10.2. The third kappa shape index (κ3) is 6.41. The average Bonchev–Trinajstić information content (AvgIpc) is 3.43. The summed E-state index contributed by atoms with van der Waals surface area (Å²) >= 11 is 5.66. The van der Waals surface area contributed by atoms with E-state index in [4.69, 9.17) is 16.3 Å². The highest BCUT2D eigenvalue weighted by Crippen LogP contribution is 2.36. The van der Waals surface area contributed by atoms with Crippen LogP contribution in [0.4, 0.5) is 35.3 Å². The van der Waals surface area contributed by atoms with Crippen LogP contribution in [0.1, 0.15) is 18.4 Å². The standard InChI is InChI=1S/C25H31ClF3N7O2/c26-21-4-3-18(16-20(21)25(27,28)29)30-24(37)36-13-11-35(12-14-36)23-6-5-22(31-32-23)34-9-7-33(8-10-34)17-19-2-1-15-38-19/h3-6,16,19H,1-2,7-15,17H2,(H,30,37). The number of benzene rings is 1. The Morgan fingerprint density at radius 2 is 1.61 bits per heavy atom. The zero-order valence-electron chi connectivity index (χ0n) is 21.0. The van der Waals surface area contributed by atoms with E-state index in [0.29, 0.717) is 32.3 Å². The van der Waals surface area contributed by atoms with Crippen LogP contribution in [0.3, 0.4) is 0 Å². The van der Waals surface area contributed by atoms with Gasteiger partial charge in [0.1, 0.15) is 0 Å². The maximum absolute atomic E-state index is 13.1. The summed E-state index contributed by atoms with van der Waals surface area (Å²) < 4.78 is 45.1. The van der Waals surface area contributed by atoms with Gasteiger partial charge in [0, 0.05) is 71.2 Å². The average molecular weight is 554 g/mol. The van der Waals surface area contributed by atoms with E-state index in [1.54, 1.807) is 4.90 Å². The highest BCUT2D eigenvalue weighted by atomic mass is 35.5. The molecule has 3 saturated heterocycles. The topological polar surface area (TPSA) is 77.1 Å². The molecule has 0 aliphatic carbocycles. The van der Waals surface area contributed by atoms with Crippen LogP contribution in [0.15, 0.2) is 30.3 Å². The van der Waals surface area contributed by atoms with Gasteiger partial charge < -0.3 is 24.8 Å². The number of carbonyl (C=O) groups is 1. The molecule has 1 aromatic carbocycles. The predicted octanol–water partition coefficient (Wildman–Crippen LogP) is 3.80. The molecule has 3 fully saturated rings. The van der Waals surface area contributed by atoms with E-state index in [1.165, 1.54) is 6.07 Å². The highest BCUT2D eigenvalue weighted by Gasteiger charge is 2.34. The number of halogens is 4. The van der Waals surface area contributed by atoms with Crippen LogP contribution in [0.2, 0.25) is 5.02 Å². The minimum Gasteiger partial charge on any atom is -0.377 e. The Bertz CT molecular complexity index is 1100. The van der Waals surface area contributed by atoms with Crippen LogP contribution in [0, 0.1) is 0 Å². The number of carbonyl (C=O) groups excluding carboxylic acids is 1. The fraction of sp³-hybridized carbons (Fsp3) is 0.560. The molecular weight excluding hydrogens is 523 g/mol. The second kappa shape index (κ2) is 11.5. The third-order valence-electron chi connectivity index (χ3n) is 7.23. The molecule has 3 aliphatic rings. The van der Waals surface area contributed by atoms with Crippen molar-refractivity contribution in [3.63, 3.8) is 0 Å². The molecule has 0 spiro atoms. The van der Waals surface area contributed by atoms with Gasteiger partial charge in [0.05, 0.1) is 16.7 Å². The van der Waals surface area contributed by atoms with Gasteiger partial charge in [-0.05, 0) is 43.2 Å². The normalized spacial score (nSPS) is 21.2. The number of urea groups is 1. The fourth-order valence-corrected chi connectivity index (χ4v) is 5.28. The molecule has 1 atom stereocenters. The van der Waals surface area contributed by atoms with Gasteiger partial charge in [-0.1, -0.05) is 11.6 Å². The molecule has 4 heterocycles. The van der Waals surface area contributed by atoms with Crippen molar-refractivity contribution < 1.29 is 22.7 Å². The Labute approximate surface area is 224 Å². The predicted molar refractivity (Wildman–Crippen MR) is 139 cm³/mol. The molecule has 206 valence electrons. The van der Waals surface area contributed by atoms with Crippen LogP contribution in [0.5, 0.6) is 0 Å². The summed E-state index contributed by atoms with van der Waals surface area (Å²) in [5, 5.41) is 11.0. The largest absolute Gasteiger partial charge is 0.417 e. The molecule has 13 heteroatoms. The van der Waals surface area contributed by atoms with Gasteiger partial charge in [0.2, 0.25) is 0 Å². The van der Waals surface area contributed by atoms with E-state index in [1.807, 2.05) is 17.0 Å². The lowest BCUT2D eigenvalue weighted by atomic mass is 10.2. The van der Waals surface area contributed by atoms with Crippen molar-refractivity contribution >= 4 is 35.0 Å². The molecule has 2 aromatic rings. The molecule has 0 radical (unpaired) electrons. The Balaban J connectivity index is 1.09. The summed E-state index contributed by atoms with van der Waals surface area (Å²) in [5.74, 6) is 1.59. The van der Waals surface area contributed by atoms with Crippen molar-refractivity contribution in [1.29, 1.82) is 0 Å². The summed E-state index contributed by atoms with van der Waals surface area (Å²) in [7, 11) is 0. The molecule has 0 bridgehead atoms. The number of ether oxygens (including phenoxy) is 1. The quantitative estimate of drug-likeness (QED) is 0.603. The van der Waals surface area contributed by atoms with Gasteiger partial charge in [-0.2, -0.15) is 13.2 Å². The Kier molecular flexibility index (Phi) is 8.10. The van der Waals surface area contributed by atoms with E-state index < -0.39 is 22.8 Å². The van der Waals surface area contributed by atoms with Crippen LogP contribution in [-0.2, 0) is 10.9 Å². The number of piperazine rings is 2. The van der Waals surface area contributed by atoms with Crippen molar-refractivity contribution in [2.45, 2.75) is 25.1 Å². The Morgan fingerprint density at radius 3 is 2.16 bits per heavy atom. The molecular formula is C25H31ClF3N7O2. The SMILES string of the molecule is O=C(Nc1ccc(Cl)c(C(F)(F)F)c1)N1CCN(c2ccc(N3CCN(CC4CCCO4)CC3)nn2)CC1. The number of hydrogen-bond acceptors (Lipinski definition) is 7. The van der Waals surface area contributed by atoms with Crippen molar-refractivity contribution in [3.05, 3.63) is 40.9 Å². The first-order chi connectivity index (χ1) is 18.3. The molecule has 1 N–H and O–H groups in total. The molecule has 0 saturated carbocycles. The number of nitrogens with one attached hydrogen (secondary N) is 1. The number of hydrogen-bond donors (Lipinski definition) is 1. The highest BCUT2D eigenvalue weighted by molar-refractivity contribution is 6.31. The van der Waals surface area contributed by atoms with Gasteiger partial charge >= 0.3 is 12.2 Å². The van der Waals surface area contributed by atoms with Crippen molar-refractivity contribution in [2.24, 2.45) is 0 Å². The minimum atomic E-state index is -4.60. The smallest absolute Gasteiger partial charge is 0.377 e. The number of rotatable bonds is 5. The van der Waals surface area contributed by atoms with E-state index >= 15 is 0 Å². The number of nitrogens with zero attached hydrogens (tertiary/aromatic N) is 6. The van der Waals surface area contributed by atoms with Gasteiger partial charge in [0.15, 0.2) is 11.6 Å². The lowest BCUT2D eigenvalue weighted by Gasteiger charge is -2.37. The van der Waals surface area contributed by atoms with Gasteiger partial charge in [-0.15, -0.1) is 10.2 Å². The van der Waals surface area contributed by atoms with E-state index in [2.05, 4.69) is 25.3 Å². The molecule has 2 amide bonds. The van der Waals surface area contributed by atoms with Crippen LogP contribution in [0.25, 0.3) is 0 Å². The third-order valence-corrected chi connectivity index (χ3v) is 7.56. The molecule has 3 aliphatic heterocycles. The summed E-state index contributed by atoms with van der Waals surface area (Å²) in [4.78, 5) is 20.9. The summed E-state index contributed by atoms with van der Waals surface area (Å²) in [5.41, 5.74) is -0.937. The van der Waals surface area contributed by atoms with E-state index in [-0.39, 0.29) is 5.69 Å². The van der Waals surface area contributed by atoms with Crippen molar-refractivity contribution in [2.75, 3.05) is 80.6 Å². The minimum absolute atomic E-state index is 0.0447. The van der Waals surface area contributed by atoms with Crippen LogP contribution in [-0.4, -0.2) is 97.6 Å². The van der Waals surface area contributed by atoms with Gasteiger partial charge in [-0.25, -0.2) is 4.79 Å². The summed E-state index contributed by atoms with van der Waals surface area (Å²) in [6, 6.07) is 6.80. The van der Waals surface area contributed by atoms with Crippen LogP contribution < -0.4 is 15.1 Å². The summed E-state index contributed by atoms with van der Waals surface area (Å²) in [6.45, 7) is 7.50. The zero-order chi connectivity index (χ0) is 26.7.